The second kappa shape index (κ2) is 4.95. The van der Waals surface area contributed by atoms with Crippen molar-refractivity contribution in [2.75, 3.05) is 4.72 Å². The number of alkyl halides is 3. The van der Waals surface area contributed by atoms with Crippen molar-refractivity contribution in [2.24, 2.45) is 0 Å². The predicted molar refractivity (Wildman–Crippen MR) is 87.7 cm³/mol. The molecule has 4 rings (SSSR count). The van der Waals surface area contributed by atoms with Crippen LogP contribution in [0.15, 0.2) is 47.4 Å². The number of hydrogen-bond donors (Lipinski definition) is 1. The predicted octanol–water partition coefficient (Wildman–Crippen LogP) is 4.34. The van der Waals surface area contributed by atoms with Crippen LogP contribution in [-0.4, -0.2) is 13.4 Å². The minimum absolute atomic E-state index is 0.229. The molecule has 0 radical (unpaired) electrons. The van der Waals surface area contributed by atoms with E-state index in [1.54, 1.807) is 25.1 Å². The fourth-order valence-electron chi connectivity index (χ4n) is 2.95. The fraction of sp³-hybridized carbons (Fsp3) is 0.118. The highest BCUT2D eigenvalue weighted by atomic mass is 32.2. The molecular formula is C17H11F3N2O2S. The van der Waals surface area contributed by atoms with Gasteiger partial charge in [-0.1, -0.05) is 24.3 Å². The van der Waals surface area contributed by atoms with Crippen molar-refractivity contribution in [3.05, 3.63) is 53.7 Å². The number of rotatable bonds is 0. The van der Waals surface area contributed by atoms with E-state index in [9.17, 15) is 21.6 Å². The quantitative estimate of drug-likeness (QED) is 0.645. The SMILES string of the molecule is Cc1ccc2ccc3c(c2n1)NS(=O)(=O)c1cc(C(F)(F)F)ccc1-3. The van der Waals surface area contributed by atoms with E-state index < -0.39 is 21.8 Å². The monoisotopic (exact) mass is 364 g/mol. The van der Waals surface area contributed by atoms with Gasteiger partial charge in [-0.15, -0.1) is 0 Å². The molecule has 128 valence electrons. The fourth-order valence-corrected chi connectivity index (χ4v) is 4.28. The van der Waals surface area contributed by atoms with Gasteiger partial charge in [0.1, 0.15) is 0 Å². The summed E-state index contributed by atoms with van der Waals surface area (Å²) in [5.41, 5.74) is 1.18. The molecule has 0 bridgehead atoms. The zero-order chi connectivity index (χ0) is 18.0. The normalized spacial score (nSPS) is 15.4. The van der Waals surface area contributed by atoms with Gasteiger partial charge in [-0.2, -0.15) is 13.2 Å². The average molecular weight is 364 g/mol. The highest BCUT2D eigenvalue weighted by Crippen LogP contribution is 2.44. The molecule has 2 heterocycles. The Bertz CT molecular complexity index is 1140. The van der Waals surface area contributed by atoms with Crippen LogP contribution >= 0.6 is 0 Å². The molecule has 2 aromatic carbocycles. The van der Waals surface area contributed by atoms with Gasteiger partial charge in [-0.3, -0.25) is 9.71 Å². The van der Waals surface area contributed by atoms with E-state index in [-0.39, 0.29) is 16.1 Å². The lowest BCUT2D eigenvalue weighted by Gasteiger charge is -2.23. The van der Waals surface area contributed by atoms with Crippen molar-refractivity contribution in [3.63, 3.8) is 0 Å². The molecule has 3 aromatic rings. The van der Waals surface area contributed by atoms with E-state index in [0.717, 1.165) is 11.5 Å². The molecule has 0 unspecified atom stereocenters. The van der Waals surface area contributed by atoms with Crippen molar-refractivity contribution < 1.29 is 21.6 Å². The molecule has 1 aliphatic heterocycles. The number of sulfonamides is 1. The summed E-state index contributed by atoms with van der Waals surface area (Å²) in [5, 5.41) is 0.738. The van der Waals surface area contributed by atoms with Crippen molar-refractivity contribution in [1.82, 2.24) is 4.98 Å². The Hall–Kier alpha value is -2.61. The first kappa shape index (κ1) is 15.9. The maximum atomic E-state index is 12.9. The van der Waals surface area contributed by atoms with Crippen LogP contribution < -0.4 is 4.72 Å². The first-order valence-corrected chi connectivity index (χ1v) is 8.80. The molecular weight excluding hydrogens is 353 g/mol. The summed E-state index contributed by atoms with van der Waals surface area (Å²) in [6.45, 7) is 1.78. The average Bonchev–Trinajstić information content (AvgIpc) is 2.53. The summed E-state index contributed by atoms with van der Waals surface area (Å²) < 4.78 is 66.3. The number of aromatic nitrogens is 1. The summed E-state index contributed by atoms with van der Waals surface area (Å²) in [6, 6.07) is 9.80. The van der Waals surface area contributed by atoms with Gasteiger partial charge >= 0.3 is 6.18 Å². The molecule has 8 heteroatoms. The lowest BCUT2D eigenvalue weighted by Crippen LogP contribution is -2.20. The molecule has 0 saturated carbocycles. The highest BCUT2D eigenvalue weighted by molar-refractivity contribution is 7.93. The van der Waals surface area contributed by atoms with E-state index in [2.05, 4.69) is 9.71 Å². The standard InChI is InChI=1S/C17H11F3N2O2S/c1-9-2-3-10-4-6-13-12-7-5-11(17(18,19)20)8-14(12)25(23,24)22-16(13)15(10)21-9/h2-8,22H,1H3. The number of aryl methyl sites for hydroxylation is 1. The maximum absolute atomic E-state index is 12.9. The smallest absolute Gasteiger partial charge is 0.277 e. The Kier molecular flexibility index (Phi) is 3.15. The van der Waals surface area contributed by atoms with Crippen molar-refractivity contribution in [1.29, 1.82) is 0 Å². The number of hydrogen-bond acceptors (Lipinski definition) is 3. The largest absolute Gasteiger partial charge is 0.416 e. The second-order valence-corrected chi connectivity index (χ2v) is 7.48. The lowest BCUT2D eigenvalue weighted by atomic mass is 9.99. The van der Waals surface area contributed by atoms with Crippen LogP contribution in [-0.2, 0) is 16.2 Å². The molecule has 0 atom stereocenters. The van der Waals surface area contributed by atoms with Gasteiger partial charge in [0.2, 0.25) is 0 Å². The van der Waals surface area contributed by atoms with Crippen LogP contribution in [0.1, 0.15) is 11.3 Å². The van der Waals surface area contributed by atoms with Crippen LogP contribution in [0.3, 0.4) is 0 Å². The lowest BCUT2D eigenvalue weighted by molar-refractivity contribution is -0.137. The Morgan fingerprint density at radius 1 is 1.00 bits per heavy atom. The number of anilines is 1. The third-order valence-electron chi connectivity index (χ3n) is 4.13. The zero-order valence-electron chi connectivity index (χ0n) is 12.8. The number of nitrogens with zero attached hydrogens (tertiary/aromatic N) is 1. The first-order valence-electron chi connectivity index (χ1n) is 7.32. The van der Waals surface area contributed by atoms with Gasteiger partial charge in [-0.25, -0.2) is 8.42 Å². The molecule has 25 heavy (non-hydrogen) atoms. The molecule has 1 N–H and O–H groups in total. The van der Waals surface area contributed by atoms with Gasteiger partial charge < -0.3 is 0 Å². The number of nitrogens with one attached hydrogen (secondary N) is 1. The van der Waals surface area contributed by atoms with Crippen LogP contribution in [0.4, 0.5) is 18.9 Å². The van der Waals surface area contributed by atoms with Gasteiger partial charge in [0.25, 0.3) is 10.0 Å². The maximum Gasteiger partial charge on any atom is 0.416 e. The topological polar surface area (TPSA) is 59.1 Å². The van der Waals surface area contributed by atoms with Crippen LogP contribution in [0.25, 0.3) is 22.0 Å². The van der Waals surface area contributed by atoms with E-state index in [1.807, 2.05) is 6.07 Å². The molecule has 4 nitrogen and oxygen atoms in total. The third kappa shape index (κ3) is 2.44. The van der Waals surface area contributed by atoms with E-state index in [1.165, 1.54) is 6.07 Å². The Labute approximate surface area is 141 Å². The molecule has 0 saturated heterocycles. The van der Waals surface area contributed by atoms with Gasteiger partial charge in [0.05, 0.1) is 21.7 Å². The number of pyridine rings is 1. The van der Waals surface area contributed by atoms with E-state index >= 15 is 0 Å². The van der Waals surface area contributed by atoms with Crippen molar-refractivity contribution in [3.8, 4) is 11.1 Å². The Morgan fingerprint density at radius 2 is 1.68 bits per heavy atom. The van der Waals surface area contributed by atoms with Crippen LogP contribution in [0.5, 0.6) is 0 Å². The van der Waals surface area contributed by atoms with Gasteiger partial charge in [0.15, 0.2) is 0 Å². The Morgan fingerprint density at radius 3 is 2.40 bits per heavy atom. The second-order valence-electron chi connectivity index (χ2n) is 5.83. The summed E-state index contributed by atoms with van der Waals surface area (Å²) in [4.78, 5) is 3.99. The number of benzene rings is 2. The minimum Gasteiger partial charge on any atom is -0.277 e. The number of fused-ring (bicyclic) bond motifs is 5. The minimum atomic E-state index is -4.62. The molecule has 0 fully saturated rings. The third-order valence-corrected chi connectivity index (χ3v) is 5.52. The molecule has 0 aliphatic carbocycles. The summed E-state index contributed by atoms with van der Waals surface area (Å²) in [6.07, 6.45) is -4.62. The molecule has 0 amide bonds. The van der Waals surface area contributed by atoms with Gasteiger partial charge in [0, 0.05) is 22.2 Å². The summed E-state index contributed by atoms with van der Waals surface area (Å²) >= 11 is 0. The van der Waals surface area contributed by atoms with Crippen molar-refractivity contribution >= 4 is 26.6 Å². The molecule has 0 spiro atoms. The van der Waals surface area contributed by atoms with Crippen LogP contribution in [0.2, 0.25) is 0 Å². The summed E-state index contributed by atoms with van der Waals surface area (Å²) in [5.74, 6) is 0. The Balaban J connectivity index is 2.06. The zero-order valence-corrected chi connectivity index (χ0v) is 13.7. The summed E-state index contributed by atoms with van der Waals surface area (Å²) in [7, 11) is -4.13. The highest BCUT2D eigenvalue weighted by Gasteiger charge is 2.35. The first-order chi connectivity index (χ1) is 11.7. The van der Waals surface area contributed by atoms with Gasteiger partial charge in [-0.05, 0) is 25.1 Å². The van der Waals surface area contributed by atoms with Crippen LogP contribution in [0, 0.1) is 6.92 Å². The van der Waals surface area contributed by atoms with Crippen molar-refractivity contribution in [2.45, 2.75) is 18.0 Å². The number of halogens is 3. The van der Waals surface area contributed by atoms with E-state index in [4.69, 9.17) is 0 Å². The molecule has 1 aliphatic rings. The van der Waals surface area contributed by atoms with E-state index in [0.29, 0.717) is 22.8 Å². The molecule has 1 aromatic heterocycles.